The van der Waals surface area contributed by atoms with Gasteiger partial charge < -0.3 is 4.40 Å². The summed E-state index contributed by atoms with van der Waals surface area (Å²) >= 11 is 1.86. The van der Waals surface area contributed by atoms with Crippen LogP contribution >= 0.6 is 11.3 Å². The Hall–Kier alpha value is -3.10. The Morgan fingerprint density at radius 2 is 1.04 bits per heavy atom. The van der Waals surface area contributed by atoms with Crippen molar-refractivity contribution in [3.8, 4) is 0 Å². The van der Waals surface area contributed by atoms with Crippen LogP contribution < -0.4 is 0 Å². The summed E-state index contributed by atoms with van der Waals surface area (Å²) < 4.78 is 5.04. The van der Waals surface area contributed by atoms with E-state index in [1.165, 1.54) is 47.5 Å². The second-order valence-electron chi connectivity index (χ2n) is 6.62. The molecule has 0 fully saturated rings. The zero-order chi connectivity index (χ0) is 17.1. The van der Waals surface area contributed by atoms with Gasteiger partial charge in [-0.25, -0.2) is 0 Å². The van der Waals surface area contributed by atoms with E-state index >= 15 is 0 Å². The molecule has 0 bridgehead atoms. The van der Waals surface area contributed by atoms with E-state index in [0.29, 0.717) is 0 Å². The lowest BCUT2D eigenvalue weighted by Gasteiger charge is -2.07. The van der Waals surface area contributed by atoms with Gasteiger partial charge in [-0.15, -0.1) is 11.3 Å². The maximum Gasteiger partial charge on any atom is 0.0634 e. The Bertz CT molecular complexity index is 1480. The number of hydrogen-bond acceptors (Lipinski definition) is 1. The van der Waals surface area contributed by atoms with Gasteiger partial charge in [0, 0.05) is 26.2 Å². The molecule has 26 heavy (non-hydrogen) atoms. The van der Waals surface area contributed by atoms with Crippen LogP contribution in [0.3, 0.4) is 0 Å². The van der Waals surface area contributed by atoms with Gasteiger partial charge in [0.15, 0.2) is 0 Å². The van der Waals surface area contributed by atoms with Gasteiger partial charge in [-0.3, -0.25) is 0 Å². The SMILES string of the molecule is c1ccc2c(c1)sc1ccccc1n1c3ccccc3c3cccc2c31. The quantitative estimate of drug-likeness (QED) is 0.274. The zero-order valence-corrected chi connectivity index (χ0v) is 14.8. The molecule has 0 saturated carbocycles. The predicted octanol–water partition coefficient (Wildman–Crippen LogP) is 7.18. The summed E-state index contributed by atoms with van der Waals surface area (Å²) in [4.78, 5) is 0. The summed E-state index contributed by atoms with van der Waals surface area (Å²) in [6.45, 7) is 0. The Kier molecular flexibility index (Phi) is 2.82. The van der Waals surface area contributed by atoms with Gasteiger partial charge >= 0.3 is 0 Å². The highest BCUT2D eigenvalue weighted by Gasteiger charge is 2.13. The van der Waals surface area contributed by atoms with Crippen molar-refractivity contribution in [2.45, 2.75) is 0 Å². The molecule has 0 aliphatic rings. The molecule has 0 N–H and O–H groups in total. The second kappa shape index (κ2) is 5.20. The van der Waals surface area contributed by atoms with Crippen molar-refractivity contribution in [1.82, 2.24) is 4.40 Å². The number of rotatable bonds is 0. The summed E-state index contributed by atoms with van der Waals surface area (Å²) in [5.74, 6) is 0. The highest BCUT2D eigenvalue weighted by Crippen LogP contribution is 2.37. The van der Waals surface area contributed by atoms with Crippen LogP contribution in [0.4, 0.5) is 0 Å². The number of aromatic nitrogens is 1. The maximum atomic E-state index is 2.44. The number of benzene rings is 4. The number of hydrogen-bond donors (Lipinski definition) is 0. The van der Waals surface area contributed by atoms with Crippen LogP contribution in [0.15, 0.2) is 91.0 Å². The lowest BCUT2D eigenvalue weighted by atomic mass is 10.1. The average molecular weight is 349 g/mol. The molecular weight excluding hydrogens is 334 g/mol. The largest absolute Gasteiger partial charge is 0.307 e. The van der Waals surface area contributed by atoms with E-state index in [9.17, 15) is 0 Å². The van der Waals surface area contributed by atoms with Crippen molar-refractivity contribution in [3.63, 3.8) is 0 Å². The predicted molar refractivity (Wildman–Crippen MR) is 114 cm³/mol. The topological polar surface area (TPSA) is 4.41 Å². The van der Waals surface area contributed by atoms with Gasteiger partial charge in [0.25, 0.3) is 0 Å². The van der Waals surface area contributed by atoms with Crippen LogP contribution in [-0.4, -0.2) is 4.40 Å². The minimum Gasteiger partial charge on any atom is -0.307 e. The van der Waals surface area contributed by atoms with Crippen LogP contribution in [0.1, 0.15) is 0 Å². The Morgan fingerprint density at radius 3 is 1.88 bits per heavy atom. The van der Waals surface area contributed by atoms with Gasteiger partial charge in [-0.05, 0) is 24.3 Å². The lowest BCUT2D eigenvalue weighted by Crippen LogP contribution is -1.87. The van der Waals surface area contributed by atoms with Crippen molar-refractivity contribution in [1.29, 1.82) is 0 Å². The molecule has 0 aliphatic heterocycles. The molecule has 0 unspecified atom stereocenters. The molecule has 0 amide bonds. The average Bonchev–Trinajstić information content (AvgIpc) is 3.02. The fourth-order valence-electron chi connectivity index (χ4n) is 4.11. The molecular formula is C24H15NS. The zero-order valence-electron chi connectivity index (χ0n) is 14.0. The van der Waals surface area contributed by atoms with E-state index in [0.717, 1.165) is 0 Å². The molecule has 4 aromatic carbocycles. The highest BCUT2D eigenvalue weighted by atomic mass is 32.1. The van der Waals surface area contributed by atoms with E-state index in [1.807, 2.05) is 11.3 Å². The normalized spacial score (nSPS) is 11.8. The van der Waals surface area contributed by atoms with Crippen LogP contribution in [-0.2, 0) is 0 Å². The van der Waals surface area contributed by atoms with Crippen molar-refractivity contribution < 1.29 is 0 Å². The van der Waals surface area contributed by atoms with Gasteiger partial charge in [0.05, 0.1) is 21.3 Å². The van der Waals surface area contributed by atoms with Crippen molar-refractivity contribution >= 4 is 58.8 Å². The summed E-state index contributed by atoms with van der Waals surface area (Å²) in [5, 5.41) is 5.23. The first-order valence-corrected chi connectivity index (χ1v) is 9.62. The first-order valence-electron chi connectivity index (χ1n) is 8.81. The number of fused-ring (bicyclic) bond motifs is 7. The molecule has 0 atom stereocenters. The second-order valence-corrected chi connectivity index (χ2v) is 7.70. The molecule has 2 aromatic heterocycles. The van der Waals surface area contributed by atoms with Crippen LogP contribution in [0, 0.1) is 0 Å². The van der Waals surface area contributed by atoms with E-state index in [-0.39, 0.29) is 0 Å². The van der Waals surface area contributed by atoms with Crippen LogP contribution in [0.5, 0.6) is 0 Å². The minimum absolute atomic E-state index is 1.26. The van der Waals surface area contributed by atoms with E-state index in [1.54, 1.807) is 0 Å². The summed E-state index contributed by atoms with van der Waals surface area (Å²) in [6.07, 6.45) is 0. The molecule has 2 heterocycles. The Morgan fingerprint density at radius 1 is 0.462 bits per heavy atom. The minimum atomic E-state index is 1.26. The molecule has 6 aromatic rings. The molecule has 6 rings (SSSR count). The van der Waals surface area contributed by atoms with Crippen LogP contribution in [0.25, 0.3) is 47.5 Å². The van der Waals surface area contributed by atoms with Crippen molar-refractivity contribution in [2.75, 3.05) is 0 Å². The lowest BCUT2D eigenvalue weighted by molar-refractivity contribution is 1.36. The fourth-order valence-corrected chi connectivity index (χ4v) is 5.19. The molecule has 0 spiro atoms. The smallest absolute Gasteiger partial charge is 0.0634 e. The maximum absolute atomic E-state index is 2.44. The molecule has 1 nitrogen and oxygen atoms in total. The molecule has 2 heteroatoms. The highest BCUT2D eigenvalue weighted by molar-refractivity contribution is 7.24. The summed E-state index contributed by atoms with van der Waals surface area (Å²) in [6, 6.07) is 32.9. The third-order valence-electron chi connectivity index (χ3n) is 5.20. The van der Waals surface area contributed by atoms with Crippen molar-refractivity contribution in [2.24, 2.45) is 0 Å². The molecule has 0 saturated heterocycles. The van der Waals surface area contributed by atoms with Gasteiger partial charge in [0.2, 0.25) is 0 Å². The third-order valence-corrected chi connectivity index (χ3v) is 6.34. The van der Waals surface area contributed by atoms with E-state index in [4.69, 9.17) is 0 Å². The summed E-state index contributed by atoms with van der Waals surface area (Å²) in [5.41, 5.74) is 3.82. The molecule has 122 valence electrons. The number of nitrogens with zero attached hydrogens (tertiary/aromatic N) is 1. The first kappa shape index (κ1) is 14.1. The third kappa shape index (κ3) is 1.80. The number of para-hydroxylation sites is 3. The van der Waals surface area contributed by atoms with E-state index < -0.39 is 0 Å². The van der Waals surface area contributed by atoms with Gasteiger partial charge in [0.1, 0.15) is 0 Å². The molecule has 0 radical (unpaired) electrons. The Labute approximate surface area is 154 Å². The monoisotopic (exact) mass is 349 g/mol. The fraction of sp³-hybridized carbons (Fsp3) is 0. The Balaban J connectivity index is 2.14. The molecule has 0 aliphatic carbocycles. The van der Waals surface area contributed by atoms with Gasteiger partial charge in [-0.2, -0.15) is 0 Å². The van der Waals surface area contributed by atoms with E-state index in [2.05, 4.69) is 95.4 Å². The standard InChI is InChI=1S/C24H15NS/c1-3-12-20-16(8-1)18-10-7-11-19-17-9-2-5-14-22(17)26-23-15-6-4-13-21(23)25(20)24(18)19/h1-15H. The van der Waals surface area contributed by atoms with Crippen LogP contribution in [0.2, 0.25) is 0 Å². The van der Waals surface area contributed by atoms with Crippen molar-refractivity contribution in [3.05, 3.63) is 91.0 Å². The first-order chi connectivity index (χ1) is 12.9. The summed E-state index contributed by atoms with van der Waals surface area (Å²) in [7, 11) is 0. The van der Waals surface area contributed by atoms with Gasteiger partial charge in [-0.1, -0.05) is 66.7 Å².